The van der Waals surface area contributed by atoms with E-state index >= 15 is 0 Å². The van der Waals surface area contributed by atoms with Gasteiger partial charge in [0.1, 0.15) is 37.4 Å². The predicted octanol–water partition coefficient (Wildman–Crippen LogP) is 6.90. The second-order valence-electron chi connectivity index (χ2n) is 7.78. The summed E-state index contributed by atoms with van der Waals surface area (Å²) in [5, 5.41) is 3.21. The smallest absolute Gasteiger partial charge is 0.148 e. The summed E-state index contributed by atoms with van der Waals surface area (Å²) in [5.41, 5.74) is 6.84. The molecule has 0 fully saturated rings. The van der Waals surface area contributed by atoms with Gasteiger partial charge in [-0.1, -0.05) is 72.5 Å². The molecule has 0 bridgehead atoms. The average Bonchev–Trinajstić information content (AvgIpc) is 2.96. The molecule has 0 spiro atoms. The summed E-state index contributed by atoms with van der Waals surface area (Å²) in [6.45, 7) is 10.6. The van der Waals surface area contributed by atoms with Gasteiger partial charge in [-0.25, -0.2) is 0 Å². The number of hydrogen-bond acceptors (Lipinski definition) is 5. The van der Waals surface area contributed by atoms with Crippen LogP contribution in [-0.2, 0) is 9.59 Å². The molecule has 192 valence electrons. The Kier molecular flexibility index (Phi) is 14.0. The fourth-order valence-corrected chi connectivity index (χ4v) is 3.48. The van der Waals surface area contributed by atoms with Crippen molar-refractivity contribution in [1.29, 1.82) is 0 Å². The highest BCUT2D eigenvalue weighted by Gasteiger charge is 2.19. The quantitative estimate of drug-likeness (QED) is 0.389. The van der Waals surface area contributed by atoms with Gasteiger partial charge in [0.25, 0.3) is 0 Å². The van der Waals surface area contributed by atoms with Crippen molar-refractivity contribution in [3.8, 4) is 23.8 Å². The first-order valence-electron chi connectivity index (χ1n) is 11.7. The lowest BCUT2D eigenvalue weighted by molar-refractivity contribution is -0.0987. The summed E-state index contributed by atoms with van der Waals surface area (Å²) >= 11 is 0. The third-order valence-electron chi connectivity index (χ3n) is 5.19. The van der Waals surface area contributed by atoms with E-state index in [1.165, 1.54) is 11.1 Å². The van der Waals surface area contributed by atoms with Gasteiger partial charge in [0, 0.05) is 23.9 Å². The maximum Gasteiger partial charge on any atom is 0.148 e. The van der Waals surface area contributed by atoms with Crippen LogP contribution >= 0.6 is 0 Å². The molecular weight excluding hydrogens is 462 g/mol. The number of para-hydroxylation sites is 1. The van der Waals surface area contributed by atoms with Gasteiger partial charge < -0.3 is 24.4 Å². The molecule has 5 heteroatoms. The number of nitrogens with one attached hydrogen (secondary N) is 1. The Morgan fingerprint density at radius 3 is 2.14 bits per heavy atom. The fraction of sp³-hybridized carbons (Fsp3) is 0.188. The van der Waals surface area contributed by atoms with Crippen LogP contribution < -0.4 is 14.8 Å². The number of terminal acetylenes is 1. The number of fused-ring (bicyclic) bond motifs is 1. The molecule has 0 saturated carbocycles. The lowest BCUT2D eigenvalue weighted by Gasteiger charge is -2.22. The van der Waals surface area contributed by atoms with Crippen LogP contribution in [0.25, 0.3) is 11.3 Å². The third-order valence-corrected chi connectivity index (χ3v) is 5.19. The van der Waals surface area contributed by atoms with Crippen LogP contribution in [0.1, 0.15) is 35.6 Å². The van der Waals surface area contributed by atoms with Crippen LogP contribution in [0.5, 0.6) is 11.5 Å². The number of rotatable bonds is 5. The minimum Gasteiger partial charge on any atom is -0.481 e. The lowest BCUT2D eigenvalue weighted by atomic mass is 9.98. The number of carbonyl (C=O) groups is 2. The van der Waals surface area contributed by atoms with Gasteiger partial charge in [-0.3, -0.25) is 0 Å². The number of ether oxygens (including phenoxy) is 2. The Bertz CT molecular complexity index is 1200. The van der Waals surface area contributed by atoms with Crippen molar-refractivity contribution in [3.63, 3.8) is 0 Å². The van der Waals surface area contributed by atoms with Crippen LogP contribution in [0.15, 0.2) is 78.9 Å². The molecule has 1 N–H and O–H groups in total. The van der Waals surface area contributed by atoms with E-state index in [9.17, 15) is 0 Å². The highest BCUT2D eigenvalue weighted by molar-refractivity contribution is 5.90. The van der Waals surface area contributed by atoms with Crippen LogP contribution in [0.2, 0.25) is 0 Å². The summed E-state index contributed by atoms with van der Waals surface area (Å²) in [5.74, 6) is 4.85. The second-order valence-corrected chi connectivity index (χ2v) is 7.78. The molecular formula is C32H35NO4. The number of aryl methyl sites for hydroxylation is 2. The molecule has 0 atom stereocenters. The lowest BCUT2D eigenvalue weighted by Crippen LogP contribution is -2.06. The minimum absolute atomic E-state index is 0.238. The van der Waals surface area contributed by atoms with Gasteiger partial charge in [0.05, 0.1) is 0 Å². The Balaban J connectivity index is 0.000000478. The minimum atomic E-state index is 0.238. The first-order valence-corrected chi connectivity index (χ1v) is 11.7. The molecule has 3 aromatic rings. The highest BCUT2D eigenvalue weighted by atomic mass is 16.5. The normalized spacial score (nSPS) is 11.8. The van der Waals surface area contributed by atoms with Gasteiger partial charge >= 0.3 is 0 Å². The molecule has 3 aromatic carbocycles. The van der Waals surface area contributed by atoms with Crippen LogP contribution in [0.4, 0.5) is 5.69 Å². The second kappa shape index (κ2) is 17.0. The van der Waals surface area contributed by atoms with Gasteiger partial charge in [0.15, 0.2) is 0 Å². The van der Waals surface area contributed by atoms with E-state index in [-0.39, 0.29) is 6.61 Å². The monoisotopic (exact) mass is 497 g/mol. The summed E-state index contributed by atoms with van der Waals surface area (Å²) in [4.78, 5) is 16.0. The average molecular weight is 498 g/mol. The summed E-state index contributed by atoms with van der Waals surface area (Å²) in [6.07, 6.45) is 10.5. The zero-order valence-corrected chi connectivity index (χ0v) is 22.0. The predicted molar refractivity (Wildman–Crippen MR) is 154 cm³/mol. The topological polar surface area (TPSA) is 64.6 Å². The molecule has 37 heavy (non-hydrogen) atoms. The summed E-state index contributed by atoms with van der Waals surface area (Å²) in [6, 6.07) is 22.4. The molecule has 1 aliphatic rings. The van der Waals surface area contributed by atoms with Crippen molar-refractivity contribution in [2.45, 2.75) is 27.2 Å². The van der Waals surface area contributed by atoms with Gasteiger partial charge in [-0.2, -0.15) is 0 Å². The Labute approximate surface area is 220 Å². The van der Waals surface area contributed by atoms with Gasteiger partial charge in [-0.15, -0.1) is 6.42 Å². The SMILES string of the molecule is C#CCOc1ccc(NC)c(C2=C/C(=C/CC)c3ccccc3O2)c1.C=O.C=O.Cc1ccc(C)cc1. The van der Waals surface area contributed by atoms with E-state index in [4.69, 9.17) is 25.5 Å². The summed E-state index contributed by atoms with van der Waals surface area (Å²) in [7, 11) is 1.89. The molecule has 4 rings (SSSR count). The number of allylic oxidation sites excluding steroid dienone is 3. The van der Waals surface area contributed by atoms with E-state index in [0.29, 0.717) is 0 Å². The van der Waals surface area contributed by atoms with Gasteiger partial charge in [-0.05, 0) is 56.2 Å². The standard InChI is InChI=1S/C22H21NO2.C8H10.2CH2O/c1-4-8-16-14-22(25-21-10-7-6-9-18(16)21)19-15-17(24-13-5-2)11-12-20(19)23-3;1-7-3-5-8(2)6-4-7;2*1-2/h2,6-12,14-15,23H,4,13H2,1,3H3;3-6H,1-2H3;2*1H2/b16-8-;;;. The van der Waals surface area contributed by atoms with Crippen LogP contribution in [0, 0.1) is 26.2 Å². The molecule has 1 aliphatic heterocycles. The van der Waals surface area contributed by atoms with Gasteiger partial charge in [0.2, 0.25) is 0 Å². The van der Waals surface area contributed by atoms with E-state index < -0.39 is 0 Å². The maximum atomic E-state index is 8.00. The maximum absolute atomic E-state index is 8.00. The number of benzene rings is 3. The third kappa shape index (κ3) is 9.19. The molecule has 0 amide bonds. The van der Waals surface area contributed by atoms with Crippen molar-refractivity contribution in [2.75, 3.05) is 19.0 Å². The summed E-state index contributed by atoms with van der Waals surface area (Å²) < 4.78 is 11.7. The fourth-order valence-electron chi connectivity index (χ4n) is 3.48. The Morgan fingerprint density at radius 2 is 1.57 bits per heavy atom. The number of anilines is 1. The van der Waals surface area contributed by atoms with Crippen molar-refractivity contribution < 1.29 is 19.1 Å². The van der Waals surface area contributed by atoms with Crippen LogP contribution in [0.3, 0.4) is 0 Å². The zero-order chi connectivity index (χ0) is 27.6. The Morgan fingerprint density at radius 1 is 0.946 bits per heavy atom. The Hall–Kier alpha value is -4.56. The van der Waals surface area contributed by atoms with E-state index in [0.717, 1.165) is 46.1 Å². The first-order chi connectivity index (χ1) is 18.0. The van der Waals surface area contributed by atoms with Crippen LogP contribution in [-0.4, -0.2) is 27.2 Å². The van der Waals surface area contributed by atoms with Crippen molar-refractivity contribution in [2.24, 2.45) is 0 Å². The number of carbonyl (C=O) groups excluding carboxylic acids is 2. The first kappa shape index (κ1) is 30.5. The van der Waals surface area contributed by atoms with Crippen molar-refractivity contribution in [1.82, 2.24) is 0 Å². The molecule has 0 saturated heterocycles. The molecule has 0 radical (unpaired) electrons. The van der Waals surface area contributed by atoms with E-state index in [2.05, 4.69) is 74.5 Å². The molecule has 0 aliphatic carbocycles. The largest absolute Gasteiger partial charge is 0.481 e. The molecule has 5 nitrogen and oxygen atoms in total. The van der Waals surface area contributed by atoms with E-state index in [1.807, 2.05) is 57.0 Å². The highest BCUT2D eigenvalue weighted by Crippen LogP contribution is 2.39. The number of hydrogen-bond donors (Lipinski definition) is 1. The van der Waals surface area contributed by atoms with Crippen molar-refractivity contribution in [3.05, 3.63) is 101 Å². The van der Waals surface area contributed by atoms with E-state index in [1.54, 1.807) is 0 Å². The van der Waals surface area contributed by atoms with Crippen molar-refractivity contribution >= 4 is 30.6 Å². The molecule has 1 heterocycles. The molecule has 0 aromatic heterocycles. The molecule has 0 unspecified atom stereocenters. The zero-order valence-electron chi connectivity index (χ0n) is 22.0.